The van der Waals surface area contributed by atoms with Gasteiger partial charge in [-0.3, -0.25) is 9.59 Å². The lowest BCUT2D eigenvalue weighted by Crippen LogP contribution is -2.45. The molecule has 0 spiro atoms. The first-order valence-corrected chi connectivity index (χ1v) is 40.6. The minimum Gasteiger partial charge on any atom is -0.466 e. The van der Waals surface area contributed by atoms with Crippen molar-refractivity contribution in [1.82, 2.24) is 5.32 Å². The highest BCUT2D eigenvalue weighted by Gasteiger charge is 2.18. The van der Waals surface area contributed by atoms with Crippen LogP contribution in [0.1, 0.15) is 463 Å². The molecule has 0 bridgehead atoms. The molecule has 0 radical (unpaired) electrons. The Hall–Kier alpha value is -1.66. The van der Waals surface area contributed by atoms with Crippen molar-refractivity contribution >= 4 is 11.9 Å². The molecule has 0 saturated heterocycles. The van der Waals surface area contributed by atoms with E-state index in [4.69, 9.17) is 4.74 Å². The van der Waals surface area contributed by atoms with Gasteiger partial charge in [-0.25, -0.2) is 0 Å². The first kappa shape index (κ1) is 86.3. The lowest BCUT2D eigenvalue weighted by atomic mass is 10.0. The van der Waals surface area contributed by atoms with E-state index >= 15 is 0 Å². The van der Waals surface area contributed by atoms with Crippen LogP contribution in [0.3, 0.4) is 0 Å². The third kappa shape index (κ3) is 73.4. The summed E-state index contributed by atoms with van der Waals surface area (Å²) < 4.78 is 5.48. The molecule has 0 aliphatic carbocycles. The van der Waals surface area contributed by atoms with Crippen molar-refractivity contribution in [2.45, 2.75) is 475 Å². The molecule has 1 amide bonds. The van der Waals surface area contributed by atoms with Crippen molar-refractivity contribution in [2.24, 2.45) is 0 Å². The van der Waals surface area contributed by atoms with Crippen LogP contribution in [0.5, 0.6) is 0 Å². The van der Waals surface area contributed by atoms with Crippen LogP contribution in [-0.2, 0) is 14.3 Å². The lowest BCUT2D eigenvalue weighted by molar-refractivity contribution is -0.143. The fourth-order valence-corrected chi connectivity index (χ4v) is 13.0. The maximum atomic E-state index is 12.6. The molecule has 0 heterocycles. The number of amides is 1. The van der Waals surface area contributed by atoms with Crippen LogP contribution >= 0.6 is 0 Å². The number of rotatable bonds is 77. The standard InChI is InChI=1S/C82H159NO5/c1-3-5-7-9-11-13-15-17-18-19-20-21-39-42-45-48-51-54-58-62-66-70-74-80(85)79(78-84)83-81(86)75-71-67-63-59-55-52-49-46-43-40-37-35-33-31-29-27-25-23-22-24-26-28-30-32-34-36-38-41-44-47-50-53-57-61-65-69-73-77-88-82(87)76-72-68-64-60-56-16-14-12-10-8-6-4-2/h12,14,70,74,79-80,84-85H,3-11,13,15-69,71-73,75-78H2,1-2H3,(H,83,86)/b14-12-,74-70+. The van der Waals surface area contributed by atoms with Crippen LogP contribution in [0.15, 0.2) is 24.3 Å². The molecule has 0 aromatic rings. The monoisotopic (exact) mass is 1240 g/mol. The average Bonchev–Trinajstić information content (AvgIpc) is 3.55. The van der Waals surface area contributed by atoms with Gasteiger partial charge in [0.05, 0.1) is 25.4 Å². The fraction of sp³-hybridized carbons (Fsp3) is 0.927. The Morgan fingerprint density at radius 2 is 0.534 bits per heavy atom. The van der Waals surface area contributed by atoms with Gasteiger partial charge in [-0.15, -0.1) is 0 Å². The van der Waals surface area contributed by atoms with Gasteiger partial charge in [0.15, 0.2) is 0 Å². The number of hydrogen-bond donors (Lipinski definition) is 3. The van der Waals surface area contributed by atoms with Crippen LogP contribution < -0.4 is 5.32 Å². The lowest BCUT2D eigenvalue weighted by Gasteiger charge is -2.20. The van der Waals surface area contributed by atoms with E-state index in [9.17, 15) is 19.8 Å². The molecule has 0 aromatic heterocycles. The zero-order chi connectivity index (χ0) is 63.5. The van der Waals surface area contributed by atoms with Crippen LogP contribution in [-0.4, -0.2) is 47.4 Å². The SMILES string of the molecule is CCCCC/C=C\CCCCCCCC(=O)OCCCCCCCCCCCCCCCCCCCCCCCCCCCCCCCCCCCCCCCC(=O)NC(CO)C(O)/C=C/CCCCCCCCCCCCCCCCCCCCCC. The number of unbranched alkanes of at least 4 members (excludes halogenated alkanes) is 64. The predicted octanol–water partition coefficient (Wildman–Crippen LogP) is 26.8. The first-order chi connectivity index (χ1) is 43.5. The van der Waals surface area contributed by atoms with Gasteiger partial charge in [0.25, 0.3) is 0 Å². The molecule has 2 atom stereocenters. The minimum atomic E-state index is -0.841. The van der Waals surface area contributed by atoms with Gasteiger partial charge in [-0.05, 0) is 57.8 Å². The van der Waals surface area contributed by atoms with Gasteiger partial charge in [0.2, 0.25) is 5.91 Å². The third-order valence-corrected chi connectivity index (χ3v) is 19.2. The van der Waals surface area contributed by atoms with E-state index in [0.717, 1.165) is 44.9 Å². The van der Waals surface area contributed by atoms with E-state index < -0.39 is 12.1 Å². The average molecular weight is 1240 g/mol. The van der Waals surface area contributed by atoms with Gasteiger partial charge in [0, 0.05) is 12.8 Å². The summed E-state index contributed by atoms with van der Waals surface area (Å²) in [6.45, 7) is 4.93. The summed E-state index contributed by atoms with van der Waals surface area (Å²) in [7, 11) is 0. The molecule has 0 fully saturated rings. The number of ether oxygens (including phenoxy) is 1. The molecule has 2 unspecified atom stereocenters. The van der Waals surface area contributed by atoms with E-state index in [1.54, 1.807) is 6.08 Å². The van der Waals surface area contributed by atoms with E-state index in [-0.39, 0.29) is 18.5 Å². The molecule has 0 rings (SSSR count). The van der Waals surface area contributed by atoms with Crippen molar-refractivity contribution in [1.29, 1.82) is 0 Å². The molecule has 88 heavy (non-hydrogen) atoms. The Bertz CT molecular complexity index is 1380. The number of hydrogen-bond acceptors (Lipinski definition) is 5. The molecule has 0 aliphatic heterocycles. The fourth-order valence-electron chi connectivity index (χ4n) is 13.0. The predicted molar refractivity (Wildman–Crippen MR) is 389 cm³/mol. The Morgan fingerprint density at radius 3 is 0.830 bits per heavy atom. The molecule has 0 aromatic carbocycles. The smallest absolute Gasteiger partial charge is 0.305 e. The maximum absolute atomic E-state index is 12.6. The first-order valence-electron chi connectivity index (χ1n) is 40.6. The number of carbonyl (C=O) groups excluding carboxylic acids is 2. The van der Waals surface area contributed by atoms with E-state index in [1.165, 1.54) is 392 Å². The van der Waals surface area contributed by atoms with E-state index in [2.05, 4.69) is 31.3 Å². The Balaban J connectivity index is 3.33. The quantitative estimate of drug-likeness (QED) is 0.0320. The summed E-state index contributed by atoms with van der Waals surface area (Å²) in [5.74, 6) is -0.0432. The second-order valence-electron chi connectivity index (χ2n) is 28.1. The van der Waals surface area contributed by atoms with Gasteiger partial charge in [0.1, 0.15) is 0 Å². The Kier molecular flexibility index (Phi) is 76.3. The van der Waals surface area contributed by atoms with Crippen LogP contribution in [0, 0.1) is 0 Å². The highest BCUT2D eigenvalue weighted by Crippen LogP contribution is 2.20. The van der Waals surface area contributed by atoms with Crippen LogP contribution in [0.2, 0.25) is 0 Å². The van der Waals surface area contributed by atoms with Gasteiger partial charge in [-0.1, -0.05) is 417 Å². The number of esters is 1. The van der Waals surface area contributed by atoms with Crippen LogP contribution in [0.25, 0.3) is 0 Å². The van der Waals surface area contributed by atoms with Crippen molar-refractivity contribution in [3.63, 3.8) is 0 Å². The third-order valence-electron chi connectivity index (χ3n) is 19.2. The van der Waals surface area contributed by atoms with Gasteiger partial charge in [-0.2, -0.15) is 0 Å². The molecule has 6 nitrogen and oxygen atoms in total. The van der Waals surface area contributed by atoms with Crippen molar-refractivity contribution in [3.05, 3.63) is 24.3 Å². The van der Waals surface area contributed by atoms with Crippen molar-refractivity contribution < 1.29 is 24.5 Å². The zero-order valence-electron chi connectivity index (χ0n) is 60.0. The van der Waals surface area contributed by atoms with E-state index in [0.29, 0.717) is 19.4 Å². The zero-order valence-corrected chi connectivity index (χ0v) is 60.0. The number of nitrogens with one attached hydrogen (secondary N) is 1. The van der Waals surface area contributed by atoms with Gasteiger partial charge < -0.3 is 20.3 Å². The molecule has 6 heteroatoms. The Morgan fingerprint density at radius 1 is 0.307 bits per heavy atom. The minimum absolute atomic E-state index is 0.0138. The van der Waals surface area contributed by atoms with Crippen LogP contribution in [0.4, 0.5) is 0 Å². The second kappa shape index (κ2) is 77.8. The summed E-state index contributed by atoms with van der Waals surface area (Å²) >= 11 is 0. The van der Waals surface area contributed by atoms with Crippen molar-refractivity contribution in [2.75, 3.05) is 13.2 Å². The summed E-state index contributed by atoms with van der Waals surface area (Å²) in [5, 5.41) is 23.3. The summed E-state index contributed by atoms with van der Waals surface area (Å²) in [6, 6.07) is -0.624. The number of allylic oxidation sites excluding steroid dienone is 3. The molecule has 0 aliphatic rings. The summed E-state index contributed by atoms with van der Waals surface area (Å²) in [4.78, 5) is 24.6. The number of aliphatic hydroxyl groups is 2. The maximum Gasteiger partial charge on any atom is 0.305 e. The summed E-state index contributed by atoms with van der Waals surface area (Å²) in [5.41, 5.74) is 0. The topological polar surface area (TPSA) is 95.9 Å². The van der Waals surface area contributed by atoms with Gasteiger partial charge >= 0.3 is 5.97 Å². The molecular formula is C82H159NO5. The number of aliphatic hydroxyl groups excluding tert-OH is 2. The summed E-state index contributed by atoms with van der Waals surface area (Å²) in [6.07, 6.45) is 100. The Labute approximate surface area is 551 Å². The van der Waals surface area contributed by atoms with E-state index in [1.807, 2.05) is 6.08 Å². The second-order valence-corrected chi connectivity index (χ2v) is 28.1. The largest absolute Gasteiger partial charge is 0.466 e. The molecule has 522 valence electrons. The number of carbonyl (C=O) groups is 2. The molecule has 0 saturated carbocycles. The highest BCUT2D eigenvalue weighted by atomic mass is 16.5. The molecule has 3 N–H and O–H groups in total. The highest BCUT2D eigenvalue weighted by molar-refractivity contribution is 5.76. The van der Waals surface area contributed by atoms with Crippen molar-refractivity contribution in [3.8, 4) is 0 Å². The molecular weight excluding hydrogens is 1080 g/mol. The normalized spacial score (nSPS) is 12.5.